The van der Waals surface area contributed by atoms with E-state index in [2.05, 4.69) is 5.32 Å². The molecule has 1 amide bonds. The number of benzene rings is 2. The van der Waals surface area contributed by atoms with Crippen LogP contribution in [0.5, 0.6) is 0 Å². The third-order valence-electron chi connectivity index (χ3n) is 5.50. The maximum Gasteiger partial charge on any atom is 0.340 e. The molecule has 4 rings (SSSR count). The number of aryl methyl sites for hydroxylation is 2. The van der Waals surface area contributed by atoms with Gasteiger partial charge < -0.3 is 19.3 Å². The Kier molecular flexibility index (Phi) is 5.76. The van der Waals surface area contributed by atoms with Gasteiger partial charge >= 0.3 is 11.6 Å². The van der Waals surface area contributed by atoms with E-state index in [9.17, 15) is 19.5 Å². The molecule has 0 aliphatic rings. The molecule has 0 fully saturated rings. The molecule has 2 heterocycles. The molecule has 2 aromatic heterocycles. The van der Waals surface area contributed by atoms with Gasteiger partial charge in [0.15, 0.2) is 0 Å². The Morgan fingerprint density at radius 3 is 2.50 bits per heavy atom. The number of hydrogen-bond acceptors (Lipinski definition) is 5. The third kappa shape index (κ3) is 4.24. The fourth-order valence-electron chi connectivity index (χ4n) is 3.70. The zero-order valence-electron chi connectivity index (χ0n) is 17.4. The largest absolute Gasteiger partial charge is 0.480 e. The zero-order valence-corrected chi connectivity index (χ0v) is 18.2. The Bertz CT molecular complexity index is 1400. The van der Waals surface area contributed by atoms with Crippen LogP contribution in [0, 0.1) is 13.8 Å². The van der Waals surface area contributed by atoms with Crippen molar-refractivity contribution in [3.8, 4) is 0 Å². The Hall–Kier alpha value is -3.58. The quantitative estimate of drug-likeness (QED) is 0.424. The molecule has 2 N–H and O–H groups in total. The molecule has 0 aliphatic carbocycles. The summed E-state index contributed by atoms with van der Waals surface area (Å²) in [5, 5.41) is 14.1. The van der Waals surface area contributed by atoms with Crippen molar-refractivity contribution in [1.29, 1.82) is 0 Å². The first kappa shape index (κ1) is 21.6. The molecule has 0 spiro atoms. The predicted octanol–water partition coefficient (Wildman–Crippen LogP) is 4.16. The van der Waals surface area contributed by atoms with Gasteiger partial charge in [-0.25, -0.2) is 9.59 Å². The smallest absolute Gasteiger partial charge is 0.340 e. The third-order valence-corrected chi connectivity index (χ3v) is 5.75. The number of furan rings is 1. The number of rotatable bonds is 6. The van der Waals surface area contributed by atoms with Crippen molar-refractivity contribution in [2.24, 2.45) is 0 Å². The van der Waals surface area contributed by atoms with Crippen LogP contribution in [-0.4, -0.2) is 23.0 Å². The summed E-state index contributed by atoms with van der Waals surface area (Å²) in [5.74, 6) is -1.75. The molecular weight excluding hydrogens is 434 g/mol. The van der Waals surface area contributed by atoms with Gasteiger partial charge in [0, 0.05) is 28.3 Å². The van der Waals surface area contributed by atoms with Gasteiger partial charge in [0.05, 0.1) is 18.2 Å². The van der Waals surface area contributed by atoms with Gasteiger partial charge in [0.1, 0.15) is 17.2 Å². The van der Waals surface area contributed by atoms with Crippen molar-refractivity contribution in [2.75, 3.05) is 0 Å². The predicted molar refractivity (Wildman–Crippen MR) is 120 cm³/mol. The number of carboxylic acids is 1. The average Bonchev–Trinajstić information content (AvgIpc) is 3.10. The number of halogens is 1. The lowest BCUT2D eigenvalue weighted by atomic mass is 10.0. The molecule has 2 aromatic carbocycles. The number of hydrogen-bond donors (Lipinski definition) is 2. The van der Waals surface area contributed by atoms with Gasteiger partial charge in [-0.3, -0.25) is 4.79 Å². The second-order valence-corrected chi connectivity index (χ2v) is 8.16. The summed E-state index contributed by atoms with van der Waals surface area (Å²) in [6, 6.07) is 9.08. The number of carboxylic acid groups (broad SMARTS) is 1. The molecule has 32 heavy (non-hydrogen) atoms. The van der Waals surface area contributed by atoms with E-state index in [-0.39, 0.29) is 18.4 Å². The van der Waals surface area contributed by atoms with Crippen molar-refractivity contribution in [1.82, 2.24) is 5.32 Å². The molecule has 0 saturated carbocycles. The van der Waals surface area contributed by atoms with Gasteiger partial charge in [-0.2, -0.15) is 0 Å². The minimum absolute atomic E-state index is 0.0846. The van der Waals surface area contributed by atoms with E-state index in [1.54, 1.807) is 43.5 Å². The van der Waals surface area contributed by atoms with E-state index >= 15 is 0 Å². The van der Waals surface area contributed by atoms with Crippen molar-refractivity contribution >= 4 is 45.4 Å². The summed E-state index contributed by atoms with van der Waals surface area (Å²) >= 11 is 5.86. The highest BCUT2D eigenvalue weighted by molar-refractivity contribution is 6.30. The molecule has 7 nitrogen and oxygen atoms in total. The van der Waals surface area contributed by atoms with Crippen LogP contribution in [-0.2, 0) is 22.4 Å². The summed E-state index contributed by atoms with van der Waals surface area (Å²) in [6.07, 6.45) is 1.41. The van der Waals surface area contributed by atoms with Crippen LogP contribution in [0.25, 0.3) is 21.9 Å². The minimum atomic E-state index is -1.17. The van der Waals surface area contributed by atoms with E-state index in [0.29, 0.717) is 32.7 Å². The lowest BCUT2D eigenvalue weighted by molar-refractivity contribution is -0.141. The first-order valence-corrected chi connectivity index (χ1v) is 10.3. The molecule has 4 aromatic rings. The molecular formula is C24H20ClNO6. The number of amides is 1. The van der Waals surface area contributed by atoms with E-state index in [1.165, 1.54) is 0 Å². The normalized spacial score (nSPS) is 12.2. The number of nitrogens with one attached hydrogen (secondary N) is 1. The summed E-state index contributed by atoms with van der Waals surface area (Å²) in [6.45, 7) is 3.65. The van der Waals surface area contributed by atoms with Crippen LogP contribution in [0.15, 0.2) is 56.3 Å². The molecule has 0 radical (unpaired) electrons. The van der Waals surface area contributed by atoms with E-state index < -0.39 is 23.5 Å². The van der Waals surface area contributed by atoms with Gasteiger partial charge in [-0.15, -0.1) is 0 Å². The van der Waals surface area contributed by atoms with E-state index in [0.717, 1.165) is 10.9 Å². The van der Waals surface area contributed by atoms with Crippen molar-refractivity contribution in [3.63, 3.8) is 0 Å². The first-order valence-electron chi connectivity index (χ1n) is 9.93. The topological polar surface area (TPSA) is 110 Å². The second kappa shape index (κ2) is 8.51. The monoisotopic (exact) mass is 453 g/mol. The van der Waals surface area contributed by atoms with Crippen LogP contribution < -0.4 is 10.9 Å². The fourth-order valence-corrected chi connectivity index (χ4v) is 3.83. The highest BCUT2D eigenvalue weighted by atomic mass is 35.5. The first-order chi connectivity index (χ1) is 15.2. The van der Waals surface area contributed by atoms with Crippen molar-refractivity contribution in [3.05, 3.63) is 80.4 Å². The van der Waals surface area contributed by atoms with Crippen LogP contribution in [0.1, 0.15) is 22.3 Å². The number of fused-ring (bicyclic) bond motifs is 2. The van der Waals surface area contributed by atoms with E-state index in [1.807, 2.05) is 13.0 Å². The second-order valence-electron chi connectivity index (χ2n) is 7.72. The average molecular weight is 454 g/mol. The summed E-state index contributed by atoms with van der Waals surface area (Å²) in [5.41, 5.74) is 2.78. The SMILES string of the molecule is Cc1coc2cc3oc(=O)c(CC(=O)N[C@@H](Cc4ccc(Cl)cc4)C(=O)O)c(C)c3cc12. The standard InChI is InChI=1S/C24H20ClNO6/c1-12-11-31-20-10-21-17(8-16(12)20)13(2)18(24(30)32-21)9-22(27)26-19(23(28)29)7-14-3-5-15(25)6-4-14/h3-6,8,10-11,19H,7,9H2,1-2H3,(H,26,27)(H,28,29)/t19-/m0/s1. The number of aliphatic carboxylic acids is 1. The summed E-state index contributed by atoms with van der Waals surface area (Å²) < 4.78 is 10.9. The van der Waals surface area contributed by atoms with Crippen LogP contribution in [0.3, 0.4) is 0 Å². The molecule has 1 atom stereocenters. The van der Waals surface area contributed by atoms with Gasteiger partial charge in [-0.1, -0.05) is 23.7 Å². The van der Waals surface area contributed by atoms with Gasteiger partial charge in [0.2, 0.25) is 5.91 Å². The van der Waals surface area contributed by atoms with Crippen molar-refractivity contribution < 1.29 is 23.5 Å². The number of carbonyl (C=O) groups excluding carboxylic acids is 1. The minimum Gasteiger partial charge on any atom is -0.480 e. The van der Waals surface area contributed by atoms with Gasteiger partial charge in [0.25, 0.3) is 0 Å². The van der Waals surface area contributed by atoms with E-state index in [4.69, 9.17) is 20.4 Å². The Labute approximate surface area is 187 Å². The van der Waals surface area contributed by atoms with Crippen LogP contribution >= 0.6 is 11.6 Å². The fraction of sp³-hybridized carbons (Fsp3) is 0.208. The number of carbonyl (C=O) groups is 2. The molecule has 0 bridgehead atoms. The molecule has 0 aliphatic heterocycles. The Balaban J connectivity index is 1.59. The Morgan fingerprint density at radius 1 is 1.09 bits per heavy atom. The molecule has 164 valence electrons. The molecule has 0 unspecified atom stereocenters. The summed E-state index contributed by atoms with van der Waals surface area (Å²) in [7, 11) is 0. The lowest BCUT2D eigenvalue weighted by Gasteiger charge is -2.15. The maximum atomic E-state index is 12.6. The highest BCUT2D eigenvalue weighted by Gasteiger charge is 2.23. The van der Waals surface area contributed by atoms with Crippen molar-refractivity contribution in [2.45, 2.75) is 32.7 Å². The Morgan fingerprint density at radius 2 is 1.81 bits per heavy atom. The molecule has 8 heteroatoms. The van der Waals surface area contributed by atoms with Gasteiger partial charge in [-0.05, 0) is 48.7 Å². The summed E-state index contributed by atoms with van der Waals surface area (Å²) in [4.78, 5) is 36.9. The highest BCUT2D eigenvalue weighted by Crippen LogP contribution is 2.28. The molecule has 0 saturated heterocycles. The lowest BCUT2D eigenvalue weighted by Crippen LogP contribution is -2.43. The van der Waals surface area contributed by atoms with Crippen LogP contribution in [0.4, 0.5) is 0 Å². The van der Waals surface area contributed by atoms with Crippen LogP contribution in [0.2, 0.25) is 5.02 Å². The maximum absolute atomic E-state index is 12.6. The zero-order chi connectivity index (χ0) is 23.0.